The third-order valence-electron chi connectivity index (χ3n) is 2.71. The fourth-order valence-corrected chi connectivity index (χ4v) is 5.10. The maximum Gasteiger partial charge on any atom is 0.250 e. The van der Waals surface area contributed by atoms with Gasteiger partial charge in [0.25, 0.3) is 10.0 Å². The average molecular weight is 316 g/mol. The van der Waals surface area contributed by atoms with Crippen molar-refractivity contribution >= 4 is 32.7 Å². The zero-order valence-corrected chi connectivity index (χ0v) is 13.2. The second-order valence-corrected chi connectivity index (χ2v) is 8.06. The lowest BCUT2D eigenvalue weighted by atomic mass is 10.3. The zero-order chi connectivity index (χ0) is 13.9. The second kappa shape index (κ2) is 6.13. The van der Waals surface area contributed by atoms with Gasteiger partial charge in [-0.15, -0.1) is 22.7 Å². The van der Waals surface area contributed by atoms with E-state index in [9.17, 15) is 8.42 Å². The average Bonchev–Trinajstić information content (AvgIpc) is 3.06. The van der Waals surface area contributed by atoms with Gasteiger partial charge < -0.3 is 0 Å². The molecule has 0 radical (unpaired) electrons. The maximum absolute atomic E-state index is 12.3. The summed E-state index contributed by atoms with van der Waals surface area (Å²) in [5.74, 6) is 0. The van der Waals surface area contributed by atoms with E-state index in [2.05, 4.69) is 9.71 Å². The van der Waals surface area contributed by atoms with Crippen LogP contribution in [0.25, 0.3) is 0 Å². The molecule has 0 aromatic carbocycles. The molecule has 104 valence electrons. The van der Waals surface area contributed by atoms with Gasteiger partial charge >= 0.3 is 0 Å². The minimum absolute atomic E-state index is 0.253. The number of aryl methyl sites for hydroxylation is 1. The molecule has 0 amide bonds. The van der Waals surface area contributed by atoms with Crippen molar-refractivity contribution in [2.24, 2.45) is 0 Å². The Hall–Kier alpha value is -0.760. The molecular formula is C12H16N2O2S3. The lowest BCUT2D eigenvalue weighted by Gasteiger charge is -2.13. The van der Waals surface area contributed by atoms with Crippen LogP contribution < -0.4 is 4.72 Å². The summed E-state index contributed by atoms with van der Waals surface area (Å²) in [7, 11) is -3.45. The first-order chi connectivity index (χ1) is 9.06. The summed E-state index contributed by atoms with van der Waals surface area (Å²) in [5, 5.41) is 2.66. The predicted molar refractivity (Wildman–Crippen MR) is 79.2 cm³/mol. The Morgan fingerprint density at radius 1 is 1.37 bits per heavy atom. The number of aromatic nitrogens is 1. The van der Waals surface area contributed by atoms with Crippen molar-refractivity contribution in [1.82, 2.24) is 9.71 Å². The van der Waals surface area contributed by atoms with Crippen LogP contribution in [0.5, 0.6) is 0 Å². The number of sulfonamides is 1. The largest absolute Gasteiger partial charge is 0.250 e. The molecule has 0 saturated heterocycles. The van der Waals surface area contributed by atoms with E-state index in [4.69, 9.17) is 0 Å². The van der Waals surface area contributed by atoms with Gasteiger partial charge in [-0.3, -0.25) is 0 Å². The van der Waals surface area contributed by atoms with Gasteiger partial charge in [-0.05, 0) is 25.0 Å². The maximum atomic E-state index is 12.3. The van der Waals surface area contributed by atoms with E-state index in [1.807, 2.05) is 25.3 Å². The normalized spacial score (nSPS) is 13.6. The van der Waals surface area contributed by atoms with Gasteiger partial charge in [0.05, 0.1) is 6.04 Å². The third-order valence-corrected chi connectivity index (χ3v) is 6.79. The Bertz CT molecular complexity index is 617. The van der Waals surface area contributed by atoms with Crippen LogP contribution in [0.2, 0.25) is 0 Å². The first kappa shape index (κ1) is 14.6. The van der Waals surface area contributed by atoms with Gasteiger partial charge in [-0.25, -0.2) is 18.1 Å². The molecule has 0 bridgehead atoms. The number of thiophene rings is 1. The van der Waals surface area contributed by atoms with Crippen molar-refractivity contribution in [3.8, 4) is 0 Å². The smallest absolute Gasteiger partial charge is 0.248 e. The molecule has 1 N–H and O–H groups in total. The molecule has 0 unspecified atom stereocenters. The van der Waals surface area contributed by atoms with Crippen LogP contribution >= 0.6 is 22.7 Å². The number of nitrogens with zero attached hydrogens (tertiary/aromatic N) is 1. The van der Waals surface area contributed by atoms with Crippen molar-refractivity contribution in [3.05, 3.63) is 33.6 Å². The summed E-state index contributed by atoms with van der Waals surface area (Å²) in [6.45, 7) is 3.96. The van der Waals surface area contributed by atoms with Gasteiger partial charge in [0.15, 0.2) is 0 Å². The quantitative estimate of drug-likeness (QED) is 0.890. The Morgan fingerprint density at radius 2 is 2.16 bits per heavy atom. The van der Waals surface area contributed by atoms with Crippen LogP contribution in [0, 0.1) is 0 Å². The molecule has 0 aliphatic heterocycles. The van der Waals surface area contributed by atoms with E-state index in [0.29, 0.717) is 10.6 Å². The lowest BCUT2D eigenvalue weighted by molar-refractivity contribution is 0.551. The molecule has 0 aliphatic carbocycles. The summed E-state index contributed by atoms with van der Waals surface area (Å²) >= 11 is 2.79. The Balaban J connectivity index is 2.20. The molecule has 1 atom stereocenters. The molecule has 2 heterocycles. The Kier molecular flexibility index (Phi) is 4.72. The molecule has 0 saturated carbocycles. The highest BCUT2D eigenvalue weighted by Crippen LogP contribution is 2.26. The summed E-state index contributed by atoms with van der Waals surface area (Å²) in [6.07, 6.45) is 3.22. The van der Waals surface area contributed by atoms with Gasteiger partial charge in [-0.2, -0.15) is 0 Å². The van der Waals surface area contributed by atoms with Crippen molar-refractivity contribution in [2.75, 3.05) is 0 Å². The van der Waals surface area contributed by atoms with Crippen LogP contribution in [0.1, 0.15) is 36.2 Å². The van der Waals surface area contributed by atoms with Crippen molar-refractivity contribution in [1.29, 1.82) is 0 Å². The van der Waals surface area contributed by atoms with Crippen LogP contribution in [0.3, 0.4) is 0 Å². The number of nitrogens with one attached hydrogen (secondary N) is 1. The van der Waals surface area contributed by atoms with Crippen molar-refractivity contribution < 1.29 is 8.42 Å². The van der Waals surface area contributed by atoms with E-state index < -0.39 is 10.0 Å². The van der Waals surface area contributed by atoms with Crippen LogP contribution in [-0.2, 0) is 16.4 Å². The minimum atomic E-state index is -3.45. The SMILES string of the molecule is CCc1ccc(S(=O)(=O)N[C@H](CC)c2nccs2)s1. The summed E-state index contributed by atoms with van der Waals surface area (Å²) < 4.78 is 27.7. The highest BCUT2D eigenvalue weighted by molar-refractivity contribution is 7.91. The molecule has 2 aromatic heterocycles. The second-order valence-electron chi connectivity index (χ2n) is 4.03. The highest BCUT2D eigenvalue weighted by atomic mass is 32.2. The predicted octanol–water partition coefficient (Wildman–Crippen LogP) is 3.20. The van der Waals surface area contributed by atoms with E-state index in [1.54, 1.807) is 12.3 Å². The van der Waals surface area contributed by atoms with E-state index in [-0.39, 0.29) is 6.04 Å². The number of rotatable bonds is 6. The molecule has 2 aromatic rings. The molecular weight excluding hydrogens is 300 g/mol. The monoisotopic (exact) mass is 316 g/mol. The van der Waals surface area contributed by atoms with Gasteiger partial charge in [-0.1, -0.05) is 13.8 Å². The summed E-state index contributed by atoms with van der Waals surface area (Å²) in [4.78, 5) is 5.25. The number of hydrogen-bond donors (Lipinski definition) is 1. The Morgan fingerprint density at radius 3 is 2.68 bits per heavy atom. The van der Waals surface area contributed by atoms with E-state index in [0.717, 1.165) is 16.3 Å². The summed E-state index contributed by atoms with van der Waals surface area (Å²) in [6, 6.07) is 3.28. The van der Waals surface area contributed by atoms with E-state index in [1.165, 1.54) is 22.7 Å². The highest BCUT2D eigenvalue weighted by Gasteiger charge is 2.23. The number of thiazole rings is 1. The van der Waals surface area contributed by atoms with Gasteiger partial charge in [0, 0.05) is 16.5 Å². The molecule has 19 heavy (non-hydrogen) atoms. The number of hydrogen-bond acceptors (Lipinski definition) is 5. The topological polar surface area (TPSA) is 59.1 Å². The van der Waals surface area contributed by atoms with Gasteiger partial charge in [0.1, 0.15) is 9.22 Å². The van der Waals surface area contributed by atoms with Crippen molar-refractivity contribution in [3.63, 3.8) is 0 Å². The van der Waals surface area contributed by atoms with Crippen LogP contribution in [0.15, 0.2) is 27.9 Å². The minimum Gasteiger partial charge on any atom is -0.248 e. The first-order valence-corrected chi connectivity index (χ1v) is 9.25. The fraction of sp³-hybridized carbons (Fsp3) is 0.417. The Labute approximate surface area is 121 Å². The molecule has 7 heteroatoms. The lowest BCUT2D eigenvalue weighted by Crippen LogP contribution is -2.27. The fourth-order valence-electron chi connectivity index (χ4n) is 1.65. The third kappa shape index (κ3) is 3.42. The zero-order valence-electron chi connectivity index (χ0n) is 10.8. The van der Waals surface area contributed by atoms with Crippen LogP contribution in [-0.4, -0.2) is 13.4 Å². The molecule has 2 rings (SSSR count). The van der Waals surface area contributed by atoms with E-state index >= 15 is 0 Å². The molecule has 0 aliphatic rings. The molecule has 0 fully saturated rings. The first-order valence-electron chi connectivity index (χ1n) is 6.07. The van der Waals surface area contributed by atoms with Crippen LogP contribution in [0.4, 0.5) is 0 Å². The summed E-state index contributed by atoms with van der Waals surface area (Å²) in [5.41, 5.74) is 0. The molecule has 0 spiro atoms. The standard InChI is InChI=1S/C12H16N2O2S3/c1-3-9-5-6-11(18-9)19(15,16)14-10(4-2)12-13-7-8-17-12/h5-8,10,14H,3-4H2,1-2H3/t10-/m1/s1. The van der Waals surface area contributed by atoms with Gasteiger partial charge in [0.2, 0.25) is 0 Å². The van der Waals surface area contributed by atoms with Crippen molar-refractivity contribution in [2.45, 2.75) is 36.9 Å². The molecule has 4 nitrogen and oxygen atoms in total.